The molecule has 1 N–H and O–H groups in total. The van der Waals surface area contributed by atoms with Crippen LogP contribution < -0.4 is 10.1 Å². The van der Waals surface area contributed by atoms with Crippen molar-refractivity contribution in [2.24, 2.45) is 0 Å². The molecule has 1 amide bonds. The van der Waals surface area contributed by atoms with E-state index in [-0.39, 0.29) is 5.91 Å². The molecule has 0 saturated heterocycles. The van der Waals surface area contributed by atoms with Crippen LogP contribution in [0.15, 0.2) is 48.5 Å². The highest BCUT2D eigenvalue weighted by atomic mass is 16.5. The van der Waals surface area contributed by atoms with Gasteiger partial charge >= 0.3 is 0 Å². The summed E-state index contributed by atoms with van der Waals surface area (Å²) in [6.45, 7) is 3.51. The van der Waals surface area contributed by atoms with Crippen molar-refractivity contribution in [1.82, 2.24) is 5.32 Å². The normalized spacial score (nSPS) is 10.3. The van der Waals surface area contributed by atoms with Gasteiger partial charge in [-0.25, -0.2) is 0 Å². The van der Waals surface area contributed by atoms with Gasteiger partial charge in [-0.05, 0) is 36.2 Å². The van der Waals surface area contributed by atoms with Crippen molar-refractivity contribution in [3.05, 3.63) is 65.2 Å². The topological polar surface area (TPSA) is 47.6 Å². The molecule has 2 aromatic carbocycles. The van der Waals surface area contributed by atoms with E-state index in [1.54, 1.807) is 7.11 Å². The summed E-state index contributed by atoms with van der Waals surface area (Å²) in [4.78, 5) is 12.1. The molecule has 0 aliphatic rings. The monoisotopic (exact) mass is 299 g/mol. The maximum absolute atomic E-state index is 12.1. The fraction of sp³-hybridized carbons (Fsp3) is 0.278. The third-order valence-corrected chi connectivity index (χ3v) is 3.32. The Kier molecular flexibility index (Phi) is 5.98. The van der Waals surface area contributed by atoms with Crippen LogP contribution in [0, 0.1) is 6.92 Å². The summed E-state index contributed by atoms with van der Waals surface area (Å²) < 4.78 is 10.4. The van der Waals surface area contributed by atoms with Crippen molar-refractivity contribution < 1.29 is 14.3 Å². The maximum Gasteiger partial charge on any atom is 0.251 e. The van der Waals surface area contributed by atoms with Gasteiger partial charge in [0, 0.05) is 19.2 Å². The summed E-state index contributed by atoms with van der Waals surface area (Å²) in [5.41, 5.74) is 2.71. The number of amides is 1. The zero-order chi connectivity index (χ0) is 15.8. The molecule has 0 aliphatic heterocycles. The van der Waals surface area contributed by atoms with E-state index in [9.17, 15) is 4.79 Å². The SMILES string of the molecule is COCCOc1ccc(CNC(=O)c2ccccc2C)cc1. The average molecular weight is 299 g/mol. The van der Waals surface area contributed by atoms with Gasteiger partial charge in [-0.2, -0.15) is 0 Å². The second-order valence-corrected chi connectivity index (χ2v) is 4.98. The van der Waals surface area contributed by atoms with Crippen LogP contribution in [-0.4, -0.2) is 26.2 Å². The van der Waals surface area contributed by atoms with Gasteiger partial charge in [0.2, 0.25) is 0 Å². The Hall–Kier alpha value is -2.33. The van der Waals surface area contributed by atoms with E-state index >= 15 is 0 Å². The Morgan fingerprint density at radius 1 is 1.05 bits per heavy atom. The molecule has 4 heteroatoms. The van der Waals surface area contributed by atoms with Gasteiger partial charge in [0.1, 0.15) is 12.4 Å². The summed E-state index contributed by atoms with van der Waals surface area (Å²) in [7, 11) is 1.64. The van der Waals surface area contributed by atoms with E-state index in [2.05, 4.69) is 5.32 Å². The van der Waals surface area contributed by atoms with Crippen molar-refractivity contribution in [2.45, 2.75) is 13.5 Å². The molecule has 22 heavy (non-hydrogen) atoms. The number of aryl methyl sites for hydroxylation is 1. The summed E-state index contributed by atoms with van der Waals surface area (Å²) in [5, 5.41) is 2.93. The lowest BCUT2D eigenvalue weighted by atomic mass is 10.1. The summed E-state index contributed by atoms with van der Waals surface area (Å²) in [6, 6.07) is 15.2. The molecule has 0 spiro atoms. The Morgan fingerprint density at radius 2 is 1.77 bits per heavy atom. The largest absolute Gasteiger partial charge is 0.491 e. The zero-order valence-electron chi connectivity index (χ0n) is 13.0. The van der Waals surface area contributed by atoms with Gasteiger partial charge in [0.15, 0.2) is 0 Å². The first-order chi connectivity index (χ1) is 10.7. The van der Waals surface area contributed by atoms with Gasteiger partial charge in [-0.3, -0.25) is 4.79 Å². The fourth-order valence-corrected chi connectivity index (χ4v) is 2.05. The molecular weight excluding hydrogens is 278 g/mol. The van der Waals surface area contributed by atoms with Crippen molar-refractivity contribution in [3.8, 4) is 5.75 Å². The third-order valence-electron chi connectivity index (χ3n) is 3.32. The number of carbonyl (C=O) groups excluding carboxylic acids is 1. The molecule has 0 bridgehead atoms. The molecule has 2 aromatic rings. The average Bonchev–Trinajstić information content (AvgIpc) is 2.54. The van der Waals surface area contributed by atoms with E-state index in [0.29, 0.717) is 25.3 Å². The molecule has 0 saturated carbocycles. The van der Waals surface area contributed by atoms with E-state index in [0.717, 1.165) is 16.9 Å². The van der Waals surface area contributed by atoms with E-state index in [4.69, 9.17) is 9.47 Å². The molecule has 2 rings (SSSR count). The van der Waals surface area contributed by atoms with Crippen LogP contribution in [0.3, 0.4) is 0 Å². The summed E-state index contributed by atoms with van der Waals surface area (Å²) in [6.07, 6.45) is 0. The molecule has 0 fully saturated rings. The molecule has 116 valence electrons. The highest BCUT2D eigenvalue weighted by Crippen LogP contribution is 2.12. The van der Waals surface area contributed by atoms with Crippen molar-refractivity contribution in [2.75, 3.05) is 20.3 Å². The van der Waals surface area contributed by atoms with Gasteiger partial charge < -0.3 is 14.8 Å². The summed E-state index contributed by atoms with van der Waals surface area (Å²) >= 11 is 0. The van der Waals surface area contributed by atoms with Crippen LogP contribution >= 0.6 is 0 Å². The minimum absolute atomic E-state index is 0.0569. The lowest BCUT2D eigenvalue weighted by molar-refractivity contribution is 0.0950. The zero-order valence-corrected chi connectivity index (χ0v) is 13.0. The molecule has 0 unspecified atom stereocenters. The maximum atomic E-state index is 12.1. The molecule has 0 radical (unpaired) electrons. The lowest BCUT2D eigenvalue weighted by Gasteiger charge is -2.09. The smallest absolute Gasteiger partial charge is 0.251 e. The first kappa shape index (κ1) is 16.0. The highest BCUT2D eigenvalue weighted by Gasteiger charge is 2.07. The van der Waals surface area contributed by atoms with Crippen LogP contribution in [0.25, 0.3) is 0 Å². The van der Waals surface area contributed by atoms with Crippen LogP contribution in [0.4, 0.5) is 0 Å². The number of ether oxygens (including phenoxy) is 2. The Morgan fingerprint density at radius 3 is 2.45 bits per heavy atom. The summed E-state index contributed by atoms with van der Waals surface area (Å²) in [5.74, 6) is 0.740. The van der Waals surface area contributed by atoms with Gasteiger partial charge in [0.25, 0.3) is 5.91 Å². The van der Waals surface area contributed by atoms with E-state index < -0.39 is 0 Å². The molecule has 0 heterocycles. The predicted molar refractivity (Wildman–Crippen MR) is 86.2 cm³/mol. The van der Waals surface area contributed by atoms with E-state index in [1.165, 1.54) is 0 Å². The van der Waals surface area contributed by atoms with Crippen LogP contribution in [0.2, 0.25) is 0 Å². The Labute approximate surface area is 131 Å². The number of hydrogen-bond acceptors (Lipinski definition) is 3. The van der Waals surface area contributed by atoms with Crippen LogP contribution in [0.5, 0.6) is 5.75 Å². The number of hydrogen-bond donors (Lipinski definition) is 1. The van der Waals surface area contributed by atoms with Gasteiger partial charge in [-0.15, -0.1) is 0 Å². The molecule has 0 aromatic heterocycles. The number of rotatable bonds is 7. The first-order valence-electron chi connectivity index (χ1n) is 7.25. The molecule has 4 nitrogen and oxygen atoms in total. The second kappa shape index (κ2) is 8.20. The predicted octanol–water partition coefficient (Wildman–Crippen LogP) is 2.95. The molecule has 0 atom stereocenters. The fourth-order valence-electron chi connectivity index (χ4n) is 2.05. The Balaban J connectivity index is 1.86. The minimum atomic E-state index is -0.0569. The molecular formula is C18H21NO3. The number of methoxy groups -OCH3 is 1. The van der Waals surface area contributed by atoms with Crippen LogP contribution in [0.1, 0.15) is 21.5 Å². The second-order valence-electron chi connectivity index (χ2n) is 4.98. The lowest BCUT2D eigenvalue weighted by Crippen LogP contribution is -2.23. The number of benzene rings is 2. The molecule has 0 aliphatic carbocycles. The quantitative estimate of drug-likeness (QED) is 0.800. The minimum Gasteiger partial charge on any atom is -0.491 e. The van der Waals surface area contributed by atoms with Gasteiger partial charge in [-0.1, -0.05) is 30.3 Å². The van der Waals surface area contributed by atoms with Crippen molar-refractivity contribution in [1.29, 1.82) is 0 Å². The standard InChI is InChI=1S/C18H21NO3/c1-14-5-3-4-6-17(14)18(20)19-13-15-7-9-16(10-8-15)22-12-11-21-2/h3-10H,11-13H2,1-2H3,(H,19,20). The third kappa shape index (κ3) is 4.60. The van der Waals surface area contributed by atoms with E-state index in [1.807, 2.05) is 55.5 Å². The Bertz CT molecular complexity index is 608. The first-order valence-corrected chi connectivity index (χ1v) is 7.25. The van der Waals surface area contributed by atoms with Crippen LogP contribution in [-0.2, 0) is 11.3 Å². The number of nitrogens with one attached hydrogen (secondary N) is 1. The van der Waals surface area contributed by atoms with Crippen molar-refractivity contribution in [3.63, 3.8) is 0 Å². The highest BCUT2D eigenvalue weighted by molar-refractivity contribution is 5.95. The van der Waals surface area contributed by atoms with Gasteiger partial charge in [0.05, 0.1) is 6.61 Å². The van der Waals surface area contributed by atoms with Crippen molar-refractivity contribution >= 4 is 5.91 Å². The number of carbonyl (C=O) groups is 1.